The predicted octanol–water partition coefficient (Wildman–Crippen LogP) is 1.90. The Morgan fingerprint density at radius 1 is 1.21 bits per heavy atom. The molecule has 1 fully saturated rings. The maximum atomic E-state index is 5.78. The average Bonchev–Trinajstić information content (AvgIpc) is 2.45. The third-order valence-corrected chi connectivity index (χ3v) is 3.59. The van der Waals surface area contributed by atoms with E-state index in [0.717, 1.165) is 26.1 Å². The number of nitrogens with two attached hydrogens (primary N) is 1. The molecule has 2 heterocycles. The zero-order chi connectivity index (χ0) is 13.7. The van der Waals surface area contributed by atoms with Crippen molar-refractivity contribution in [3.63, 3.8) is 0 Å². The molecule has 0 spiro atoms. The molecule has 0 aliphatic carbocycles. The van der Waals surface area contributed by atoms with Crippen molar-refractivity contribution in [1.29, 1.82) is 0 Å². The van der Waals surface area contributed by atoms with Crippen molar-refractivity contribution < 1.29 is 0 Å². The molecule has 6 heteroatoms. The number of hydrogen-bond acceptors (Lipinski definition) is 6. The van der Waals surface area contributed by atoms with Gasteiger partial charge in [-0.15, -0.1) is 0 Å². The Hall–Kier alpha value is -1.59. The molecule has 6 nitrogen and oxygen atoms in total. The van der Waals surface area contributed by atoms with Gasteiger partial charge in [-0.05, 0) is 25.2 Å². The molecule has 0 saturated carbocycles. The van der Waals surface area contributed by atoms with Crippen molar-refractivity contribution in [2.24, 2.45) is 5.92 Å². The lowest BCUT2D eigenvalue weighted by Gasteiger charge is -2.26. The number of hydrogen-bond donors (Lipinski definition) is 2. The topological polar surface area (TPSA) is 80.0 Å². The van der Waals surface area contributed by atoms with Gasteiger partial charge in [-0.1, -0.05) is 20.3 Å². The van der Waals surface area contributed by atoms with E-state index < -0.39 is 0 Å². The fourth-order valence-corrected chi connectivity index (χ4v) is 2.10. The van der Waals surface area contributed by atoms with Crippen molar-refractivity contribution in [2.45, 2.75) is 39.5 Å². The van der Waals surface area contributed by atoms with E-state index >= 15 is 0 Å². The summed E-state index contributed by atoms with van der Waals surface area (Å²) in [5, 5.41) is 3.25. The molecule has 0 aromatic carbocycles. The van der Waals surface area contributed by atoms with Crippen molar-refractivity contribution >= 4 is 17.8 Å². The first-order valence-electron chi connectivity index (χ1n) is 7.19. The van der Waals surface area contributed by atoms with Crippen molar-refractivity contribution in [3.05, 3.63) is 0 Å². The van der Waals surface area contributed by atoms with Crippen LogP contribution in [0.1, 0.15) is 39.5 Å². The Morgan fingerprint density at radius 3 is 2.63 bits per heavy atom. The standard InChI is InChI=1S/C13H24N6/c1-3-10(2)9-15-12-16-11(14)17-13(18-12)19-7-5-4-6-8-19/h10H,3-9H2,1-2H3,(H3,14,15,16,17,18). The van der Waals surface area contributed by atoms with E-state index in [-0.39, 0.29) is 0 Å². The van der Waals surface area contributed by atoms with Gasteiger partial charge in [0.1, 0.15) is 0 Å². The van der Waals surface area contributed by atoms with Crippen LogP contribution in [0.5, 0.6) is 0 Å². The number of nitrogen functional groups attached to an aromatic ring is 1. The van der Waals surface area contributed by atoms with Gasteiger partial charge in [0.15, 0.2) is 0 Å². The third-order valence-electron chi connectivity index (χ3n) is 3.59. The van der Waals surface area contributed by atoms with Crippen molar-refractivity contribution in [3.8, 4) is 0 Å². The van der Waals surface area contributed by atoms with Crippen LogP contribution in [0.15, 0.2) is 0 Å². The monoisotopic (exact) mass is 264 g/mol. The minimum atomic E-state index is 0.294. The Bertz CT molecular complexity index is 402. The quantitative estimate of drug-likeness (QED) is 0.845. The van der Waals surface area contributed by atoms with Crippen LogP contribution in [0.3, 0.4) is 0 Å². The molecule has 1 aromatic heterocycles. The average molecular weight is 264 g/mol. The fourth-order valence-electron chi connectivity index (χ4n) is 2.10. The van der Waals surface area contributed by atoms with Crippen LogP contribution in [-0.2, 0) is 0 Å². The molecule has 1 saturated heterocycles. The molecule has 19 heavy (non-hydrogen) atoms. The lowest BCUT2D eigenvalue weighted by Crippen LogP contribution is -2.31. The van der Waals surface area contributed by atoms with E-state index in [1.807, 2.05) is 0 Å². The predicted molar refractivity (Wildman–Crippen MR) is 78.2 cm³/mol. The van der Waals surface area contributed by atoms with E-state index in [2.05, 4.69) is 39.0 Å². The summed E-state index contributed by atoms with van der Waals surface area (Å²) in [6.45, 7) is 7.25. The number of anilines is 3. The minimum absolute atomic E-state index is 0.294. The highest BCUT2D eigenvalue weighted by Crippen LogP contribution is 2.17. The smallest absolute Gasteiger partial charge is 0.231 e. The van der Waals surface area contributed by atoms with Crippen LogP contribution in [0.4, 0.5) is 17.8 Å². The number of aromatic nitrogens is 3. The van der Waals surface area contributed by atoms with Gasteiger partial charge in [-0.2, -0.15) is 15.0 Å². The largest absolute Gasteiger partial charge is 0.368 e. The summed E-state index contributed by atoms with van der Waals surface area (Å²) in [7, 11) is 0. The zero-order valence-corrected chi connectivity index (χ0v) is 11.9. The molecule has 1 aliphatic heterocycles. The van der Waals surface area contributed by atoms with Crippen LogP contribution in [0, 0.1) is 5.92 Å². The second-order valence-corrected chi connectivity index (χ2v) is 5.26. The molecule has 1 aliphatic rings. The van der Waals surface area contributed by atoms with Gasteiger partial charge < -0.3 is 16.0 Å². The molecule has 106 valence electrons. The highest BCUT2D eigenvalue weighted by Gasteiger charge is 2.15. The van der Waals surface area contributed by atoms with Crippen LogP contribution in [0.25, 0.3) is 0 Å². The number of piperidine rings is 1. The molecular formula is C13H24N6. The maximum Gasteiger partial charge on any atom is 0.231 e. The van der Waals surface area contributed by atoms with E-state index in [9.17, 15) is 0 Å². The summed E-state index contributed by atoms with van der Waals surface area (Å²) in [6.07, 6.45) is 4.81. The third kappa shape index (κ3) is 3.94. The lowest BCUT2D eigenvalue weighted by atomic mass is 10.1. The zero-order valence-electron chi connectivity index (χ0n) is 11.9. The van der Waals surface area contributed by atoms with Crippen molar-refractivity contribution in [1.82, 2.24) is 15.0 Å². The lowest BCUT2D eigenvalue weighted by molar-refractivity contribution is 0.567. The summed E-state index contributed by atoms with van der Waals surface area (Å²) in [4.78, 5) is 15.1. The Morgan fingerprint density at radius 2 is 1.95 bits per heavy atom. The van der Waals surface area contributed by atoms with Crippen molar-refractivity contribution in [2.75, 3.05) is 35.6 Å². The summed E-state index contributed by atoms with van der Waals surface area (Å²) < 4.78 is 0. The number of nitrogens with one attached hydrogen (secondary N) is 1. The Balaban J connectivity index is 2.05. The van der Waals surface area contributed by atoms with Gasteiger partial charge in [0.05, 0.1) is 0 Å². The fraction of sp³-hybridized carbons (Fsp3) is 0.769. The van der Waals surface area contributed by atoms with Crippen LogP contribution < -0.4 is 16.0 Å². The summed E-state index contributed by atoms with van der Waals surface area (Å²) >= 11 is 0. The molecule has 3 N–H and O–H groups in total. The normalized spacial score (nSPS) is 17.3. The van der Waals surface area contributed by atoms with E-state index in [1.165, 1.54) is 19.3 Å². The van der Waals surface area contributed by atoms with Gasteiger partial charge in [-0.3, -0.25) is 0 Å². The van der Waals surface area contributed by atoms with Crippen LogP contribution in [0.2, 0.25) is 0 Å². The molecule has 0 bridgehead atoms. The number of nitrogens with zero attached hydrogens (tertiary/aromatic N) is 4. The molecule has 1 unspecified atom stereocenters. The first kappa shape index (κ1) is 13.8. The highest BCUT2D eigenvalue weighted by molar-refractivity contribution is 5.42. The summed E-state index contributed by atoms with van der Waals surface area (Å²) in [5.74, 6) is 2.19. The second kappa shape index (κ2) is 6.54. The minimum Gasteiger partial charge on any atom is -0.368 e. The van der Waals surface area contributed by atoms with Gasteiger partial charge >= 0.3 is 0 Å². The van der Waals surface area contributed by atoms with Gasteiger partial charge in [0, 0.05) is 19.6 Å². The van der Waals surface area contributed by atoms with Gasteiger partial charge in [0.25, 0.3) is 0 Å². The number of rotatable bonds is 5. The second-order valence-electron chi connectivity index (χ2n) is 5.26. The molecule has 0 radical (unpaired) electrons. The molecule has 1 aromatic rings. The van der Waals surface area contributed by atoms with Crippen LogP contribution >= 0.6 is 0 Å². The molecule has 0 amide bonds. The van der Waals surface area contributed by atoms with E-state index in [4.69, 9.17) is 5.73 Å². The molecular weight excluding hydrogens is 240 g/mol. The molecule has 2 rings (SSSR count). The Labute approximate surface area is 114 Å². The van der Waals surface area contributed by atoms with E-state index in [0.29, 0.717) is 23.8 Å². The maximum absolute atomic E-state index is 5.78. The molecule has 1 atom stereocenters. The van der Waals surface area contributed by atoms with Crippen LogP contribution in [-0.4, -0.2) is 34.6 Å². The summed E-state index contributed by atoms with van der Waals surface area (Å²) in [6, 6.07) is 0. The highest BCUT2D eigenvalue weighted by atomic mass is 15.3. The van der Waals surface area contributed by atoms with Gasteiger partial charge in [0.2, 0.25) is 17.8 Å². The SMILES string of the molecule is CCC(C)CNc1nc(N)nc(N2CCCCC2)n1. The van der Waals surface area contributed by atoms with E-state index in [1.54, 1.807) is 0 Å². The Kier molecular flexibility index (Phi) is 4.76. The first-order chi connectivity index (χ1) is 9.19. The summed E-state index contributed by atoms with van der Waals surface area (Å²) in [5.41, 5.74) is 5.78. The van der Waals surface area contributed by atoms with Gasteiger partial charge in [-0.25, -0.2) is 0 Å². The first-order valence-corrected chi connectivity index (χ1v) is 7.19.